The number of amides is 1. The zero-order chi connectivity index (χ0) is 12.7. The summed E-state index contributed by atoms with van der Waals surface area (Å²) in [5, 5.41) is 15.7. The minimum absolute atomic E-state index is 0.0951. The molecule has 0 saturated heterocycles. The van der Waals surface area contributed by atoms with Gasteiger partial charge in [0.15, 0.2) is 0 Å². The average molecular weight is 241 g/mol. The summed E-state index contributed by atoms with van der Waals surface area (Å²) >= 11 is 0. The van der Waals surface area contributed by atoms with Crippen molar-refractivity contribution in [3.05, 3.63) is 18.0 Å². The predicted octanol–water partition coefficient (Wildman–Crippen LogP) is -0.524. The van der Waals surface area contributed by atoms with E-state index in [1.54, 1.807) is 10.9 Å². The second kappa shape index (κ2) is 7.03. The number of aliphatic hydroxyl groups is 1. The van der Waals surface area contributed by atoms with Crippen molar-refractivity contribution in [2.45, 2.75) is 18.9 Å². The van der Waals surface area contributed by atoms with Crippen LogP contribution in [0.3, 0.4) is 0 Å². The molecule has 0 aliphatic rings. The summed E-state index contributed by atoms with van der Waals surface area (Å²) in [6.45, 7) is 0.194. The van der Waals surface area contributed by atoms with Crippen molar-refractivity contribution in [3.8, 4) is 0 Å². The second-order valence-electron chi connectivity index (χ2n) is 3.85. The van der Waals surface area contributed by atoms with E-state index in [4.69, 9.17) is 9.84 Å². The Hall–Kier alpha value is -1.40. The molecule has 0 aliphatic carbocycles. The molecule has 1 aromatic heterocycles. The van der Waals surface area contributed by atoms with Crippen LogP contribution in [0, 0.1) is 0 Å². The van der Waals surface area contributed by atoms with E-state index in [-0.39, 0.29) is 18.6 Å². The number of nitrogens with zero attached hydrogens (tertiary/aromatic N) is 2. The molecule has 17 heavy (non-hydrogen) atoms. The molecule has 6 nitrogen and oxygen atoms in total. The first-order valence-corrected chi connectivity index (χ1v) is 5.53. The molecular weight excluding hydrogens is 222 g/mol. The van der Waals surface area contributed by atoms with Crippen LogP contribution in [-0.2, 0) is 23.0 Å². The molecule has 1 rings (SSSR count). The van der Waals surface area contributed by atoms with E-state index in [9.17, 15) is 4.79 Å². The van der Waals surface area contributed by atoms with E-state index in [2.05, 4.69) is 10.4 Å². The van der Waals surface area contributed by atoms with E-state index in [0.717, 1.165) is 5.69 Å². The molecule has 0 aliphatic heterocycles. The van der Waals surface area contributed by atoms with E-state index in [1.165, 1.54) is 7.11 Å². The van der Waals surface area contributed by atoms with Crippen molar-refractivity contribution in [2.24, 2.45) is 7.05 Å². The Labute approximate surface area is 101 Å². The highest BCUT2D eigenvalue weighted by Crippen LogP contribution is 2.00. The zero-order valence-corrected chi connectivity index (χ0v) is 10.2. The Morgan fingerprint density at radius 3 is 3.00 bits per heavy atom. The Morgan fingerprint density at radius 1 is 1.71 bits per heavy atom. The summed E-state index contributed by atoms with van der Waals surface area (Å²) in [7, 11) is 3.37. The number of methoxy groups -OCH3 is 1. The SMILES string of the molecule is COC[C@@H](CO)NC(=O)CCc1ccnn1C. The van der Waals surface area contributed by atoms with Crippen LogP contribution >= 0.6 is 0 Å². The molecule has 0 bridgehead atoms. The topological polar surface area (TPSA) is 76.4 Å². The van der Waals surface area contributed by atoms with E-state index < -0.39 is 0 Å². The first kappa shape index (κ1) is 13.7. The first-order chi connectivity index (χ1) is 8.17. The number of carbonyl (C=O) groups excluding carboxylic acids is 1. The highest BCUT2D eigenvalue weighted by Gasteiger charge is 2.11. The van der Waals surface area contributed by atoms with E-state index >= 15 is 0 Å². The fraction of sp³-hybridized carbons (Fsp3) is 0.636. The van der Waals surface area contributed by atoms with Crippen molar-refractivity contribution in [3.63, 3.8) is 0 Å². The number of nitrogens with one attached hydrogen (secondary N) is 1. The number of aromatic nitrogens is 2. The van der Waals surface area contributed by atoms with Gasteiger partial charge in [0, 0.05) is 32.5 Å². The summed E-state index contributed by atoms with van der Waals surface area (Å²) in [5.74, 6) is -0.0951. The molecule has 0 saturated carbocycles. The number of rotatable bonds is 7. The summed E-state index contributed by atoms with van der Waals surface area (Å²) in [6.07, 6.45) is 2.71. The first-order valence-electron chi connectivity index (χ1n) is 5.53. The van der Waals surface area contributed by atoms with Gasteiger partial charge in [-0.15, -0.1) is 0 Å². The molecule has 1 aromatic rings. The van der Waals surface area contributed by atoms with Gasteiger partial charge < -0.3 is 15.2 Å². The monoisotopic (exact) mass is 241 g/mol. The van der Waals surface area contributed by atoms with E-state index in [1.807, 2.05) is 13.1 Å². The lowest BCUT2D eigenvalue weighted by Gasteiger charge is -2.15. The van der Waals surface area contributed by atoms with Crippen LogP contribution in [0.25, 0.3) is 0 Å². The van der Waals surface area contributed by atoms with Crippen molar-refractivity contribution >= 4 is 5.91 Å². The molecule has 96 valence electrons. The fourth-order valence-corrected chi connectivity index (χ4v) is 1.53. The Kier molecular flexibility index (Phi) is 5.65. The molecule has 1 atom stereocenters. The lowest BCUT2D eigenvalue weighted by Crippen LogP contribution is -2.40. The van der Waals surface area contributed by atoms with Crippen LogP contribution in [0.5, 0.6) is 0 Å². The zero-order valence-electron chi connectivity index (χ0n) is 10.2. The van der Waals surface area contributed by atoms with Crippen LogP contribution in [0.4, 0.5) is 0 Å². The summed E-state index contributed by atoms with van der Waals surface area (Å²) in [4.78, 5) is 11.6. The summed E-state index contributed by atoms with van der Waals surface area (Å²) < 4.78 is 6.62. The highest BCUT2D eigenvalue weighted by molar-refractivity contribution is 5.76. The Bertz CT molecular complexity index is 351. The van der Waals surface area contributed by atoms with Crippen LogP contribution in [0.15, 0.2) is 12.3 Å². The number of hydrogen-bond acceptors (Lipinski definition) is 4. The number of aliphatic hydroxyl groups excluding tert-OH is 1. The van der Waals surface area contributed by atoms with Gasteiger partial charge in [-0.3, -0.25) is 9.48 Å². The minimum Gasteiger partial charge on any atom is -0.394 e. The van der Waals surface area contributed by atoms with Gasteiger partial charge in [-0.1, -0.05) is 0 Å². The van der Waals surface area contributed by atoms with Crippen molar-refractivity contribution < 1.29 is 14.6 Å². The minimum atomic E-state index is -0.334. The van der Waals surface area contributed by atoms with Crippen molar-refractivity contribution in [1.29, 1.82) is 0 Å². The lowest BCUT2D eigenvalue weighted by molar-refractivity contribution is -0.122. The highest BCUT2D eigenvalue weighted by atomic mass is 16.5. The standard InChI is InChI=1S/C11H19N3O3/c1-14-10(5-6-12-14)3-4-11(16)13-9(7-15)8-17-2/h5-6,9,15H,3-4,7-8H2,1-2H3,(H,13,16)/t9-/m1/s1. The average Bonchev–Trinajstić information content (AvgIpc) is 2.71. The largest absolute Gasteiger partial charge is 0.394 e. The maximum atomic E-state index is 11.6. The molecule has 1 amide bonds. The molecule has 1 heterocycles. The van der Waals surface area contributed by atoms with Crippen LogP contribution in [0.2, 0.25) is 0 Å². The third-order valence-electron chi connectivity index (χ3n) is 2.48. The van der Waals surface area contributed by atoms with E-state index in [0.29, 0.717) is 19.4 Å². The lowest BCUT2D eigenvalue weighted by atomic mass is 10.2. The smallest absolute Gasteiger partial charge is 0.220 e. The number of aryl methyl sites for hydroxylation is 2. The van der Waals surface area contributed by atoms with Gasteiger partial charge in [-0.05, 0) is 12.5 Å². The maximum Gasteiger partial charge on any atom is 0.220 e. The normalized spacial score (nSPS) is 12.4. The van der Waals surface area contributed by atoms with Gasteiger partial charge in [-0.25, -0.2) is 0 Å². The van der Waals surface area contributed by atoms with Crippen molar-refractivity contribution in [2.75, 3.05) is 20.3 Å². The molecule has 6 heteroatoms. The van der Waals surface area contributed by atoms with Gasteiger partial charge in [-0.2, -0.15) is 5.10 Å². The molecule has 0 aromatic carbocycles. The fourth-order valence-electron chi connectivity index (χ4n) is 1.53. The van der Waals surface area contributed by atoms with Gasteiger partial charge in [0.25, 0.3) is 0 Å². The van der Waals surface area contributed by atoms with Crippen LogP contribution in [-0.4, -0.2) is 47.2 Å². The molecule has 0 radical (unpaired) electrons. The third-order valence-corrected chi connectivity index (χ3v) is 2.48. The molecule has 0 fully saturated rings. The molecule has 0 unspecified atom stereocenters. The Balaban J connectivity index is 2.32. The number of carbonyl (C=O) groups is 1. The second-order valence-corrected chi connectivity index (χ2v) is 3.85. The summed E-state index contributed by atoms with van der Waals surface area (Å²) in [6, 6.07) is 1.55. The van der Waals surface area contributed by atoms with Gasteiger partial charge in [0.1, 0.15) is 0 Å². The molecule has 2 N–H and O–H groups in total. The molecular formula is C11H19N3O3. The van der Waals surface area contributed by atoms with Crippen molar-refractivity contribution in [1.82, 2.24) is 15.1 Å². The predicted molar refractivity (Wildman–Crippen MR) is 62.4 cm³/mol. The number of hydrogen-bond donors (Lipinski definition) is 2. The third kappa shape index (κ3) is 4.54. The number of ether oxygens (including phenoxy) is 1. The van der Waals surface area contributed by atoms with Gasteiger partial charge >= 0.3 is 0 Å². The maximum absolute atomic E-state index is 11.6. The van der Waals surface area contributed by atoms with Gasteiger partial charge in [0.2, 0.25) is 5.91 Å². The Morgan fingerprint density at radius 2 is 2.47 bits per heavy atom. The van der Waals surface area contributed by atoms with Gasteiger partial charge in [0.05, 0.1) is 19.3 Å². The summed E-state index contributed by atoms with van der Waals surface area (Å²) in [5.41, 5.74) is 1.01. The van der Waals surface area contributed by atoms with Crippen LogP contribution < -0.4 is 5.32 Å². The van der Waals surface area contributed by atoms with Crippen LogP contribution in [0.1, 0.15) is 12.1 Å². The molecule has 0 spiro atoms. The quantitative estimate of drug-likeness (QED) is 0.673.